The predicted molar refractivity (Wildman–Crippen MR) is 185 cm³/mol. The number of ether oxygens (including phenoxy) is 2. The van der Waals surface area contributed by atoms with Crippen LogP contribution in [-0.4, -0.2) is 82.1 Å². The number of carbonyl (C=O) groups is 4. The van der Waals surface area contributed by atoms with Crippen LogP contribution in [0.1, 0.15) is 90.3 Å². The number of nitrogens with zero attached hydrogens (tertiary/aromatic N) is 2. The Kier molecular flexibility index (Phi) is 12.8. The first kappa shape index (κ1) is 39.7. The number of nitrogens with one attached hydrogen (secondary N) is 2. The van der Waals surface area contributed by atoms with Gasteiger partial charge in [-0.05, 0) is 96.9 Å². The number of aryl methyl sites for hydroxylation is 1. The molecular formula is C38H51F3N4O6. The first-order valence-corrected chi connectivity index (χ1v) is 17.5. The van der Waals surface area contributed by atoms with E-state index in [0.29, 0.717) is 24.9 Å². The summed E-state index contributed by atoms with van der Waals surface area (Å²) in [5.74, 6) is -1.33. The molecule has 0 aromatic heterocycles. The van der Waals surface area contributed by atoms with Crippen molar-refractivity contribution < 1.29 is 41.8 Å². The average Bonchev–Trinajstić information content (AvgIpc) is 3.39. The quantitative estimate of drug-likeness (QED) is 0.274. The molecule has 51 heavy (non-hydrogen) atoms. The Morgan fingerprint density at radius 1 is 0.902 bits per heavy atom. The summed E-state index contributed by atoms with van der Waals surface area (Å²) >= 11 is 0. The maximum absolute atomic E-state index is 14.5. The number of benzene rings is 2. The molecule has 2 heterocycles. The van der Waals surface area contributed by atoms with E-state index in [4.69, 9.17) is 9.47 Å². The Hall–Kier alpha value is -4.13. The van der Waals surface area contributed by atoms with Gasteiger partial charge < -0.3 is 25.0 Å². The Bertz CT molecular complexity index is 1500. The van der Waals surface area contributed by atoms with Crippen LogP contribution in [0.15, 0.2) is 54.6 Å². The van der Waals surface area contributed by atoms with E-state index in [1.54, 1.807) is 41.5 Å². The normalized spacial score (nSPS) is 20.6. The molecule has 0 radical (unpaired) electrons. The van der Waals surface area contributed by atoms with Crippen LogP contribution in [0.2, 0.25) is 0 Å². The Balaban J connectivity index is 1.57. The van der Waals surface area contributed by atoms with Gasteiger partial charge >= 0.3 is 18.2 Å². The molecule has 13 heteroatoms. The van der Waals surface area contributed by atoms with Crippen molar-refractivity contribution in [3.63, 3.8) is 0 Å². The highest BCUT2D eigenvalue weighted by Crippen LogP contribution is 2.32. The molecule has 0 spiro atoms. The van der Waals surface area contributed by atoms with E-state index in [9.17, 15) is 32.3 Å². The number of alkyl halides is 3. The number of hydrogen-bond donors (Lipinski definition) is 2. The van der Waals surface area contributed by atoms with Gasteiger partial charge in [-0.1, -0.05) is 42.5 Å². The molecule has 2 unspecified atom stereocenters. The highest BCUT2D eigenvalue weighted by molar-refractivity contribution is 5.90. The SMILES string of the molecule is CC(C)(C)OC(=O)CCC(C(=O)NCc1ccc(C(F)(F)F)cc1)N1CCC(CCc2ccccc2)N2C[C@H](NC(=O)OC(C)(C)C)C[C@H]2C1=O. The van der Waals surface area contributed by atoms with Gasteiger partial charge in [-0.2, -0.15) is 13.2 Å². The lowest BCUT2D eigenvalue weighted by Crippen LogP contribution is -2.53. The van der Waals surface area contributed by atoms with Crippen molar-refractivity contribution in [3.8, 4) is 0 Å². The maximum Gasteiger partial charge on any atom is 0.416 e. The highest BCUT2D eigenvalue weighted by atomic mass is 19.4. The summed E-state index contributed by atoms with van der Waals surface area (Å²) in [4.78, 5) is 57.6. The molecule has 2 saturated heterocycles. The minimum Gasteiger partial charge on any atom is -0.460 e. The minimum atomic E-state index is -4.49. The number of alkyl carbamates (subject to hydrolysis) is 1. The minimum absolute atomic E-state index is 0.0134. The van der Waals surface area contributed by atoms with Gasteiger partial charge in [0.15, 0.2) is 0 Å². The molecule has 2 aromatic rings. The van der Waals surface area contributed by atoms with Crippen molar-refractivity contribution in [2.75, 3.05) is 13.1 Å². The third-order valence-electron chi connectivity index (χ3n) is 8.88. The molecule has 0 bridgehead atoms. The molecule has 0 aliphatic carbocycles. The molecule has 2 aliphatic rings. The van der Waals surface area contributed by atoms with Gasteiger partial charge in [0.25, 0.3) is 0 Å². The van der Waals surface area contributed by atoms with Crippen molar-refractivity contribution in [2.45, 2.75) is 128 Å². The molecule has 4 rings (SSSR count). The van der Waals surface area contributed by atoms with Crippen LogP contribution >= 0.6 is 0 Å². The lowest BCUT2D eigenvalue weighted by atomic mass is 10.0. The van der Waals surface area contributed by atoms with Crippen LogP contribution in [0, 0.1) is 0 Å². The Labute approximate surface area is 298 Å². The van der Waals surface area contributed by atoms with Crippen LogP contribution in [-0.2, 0) is 43.0 Å². The lowest BCUT2D eigenvalue weighted by Gasteiger charge is -2.32. The maximum atomic E-state index is 14.5. The molecule has 2 N–H and O–H groups in total. The summed E-state index contributed by atoms with van der Waals surface area (Å²) in [6.07, 6.45) is -2.85. The zero-order valence-electron chi connectivity index (χ0n) is 30.3. The van der Waals surface area contributed by atoms with Crippen molar-refractivity contribution in [1.82, 2.24) is 20.4 Å². The lowest BCUT2D eigenvalue weighted by molar-refractivity contribution is -0.156. The molecule has 2 fully saturated rings. The second kappa shape index (κ2) is 16.5. The topological polar surface area (TPSA) is 117 Å². The fourth-order valence-corrected chi connectivity index (χ4v) is 6.63. The largest absolute Gasteiger partial charge is 0.460 e. The summed E-state index contributed by atoms with van der Waals surface area (Å²) in [7, 11) is 0. The zero-order valence-corrected chi connectivity index (χ0v) is 30.3. The summed E-state index contributed by atoms with van der Waals surface area (Å²) in [6, 6.07) is 12.4. The summed E-state index contributed by atoms with van der Waals surface area (Å²) in [6.45, 7) is 11.1. The van der Waals surface area contributed by atoms with Crippen molar-refractivity contribution >= 4 is 23.9 Å². The van der Waals surface area contributed by atoms with Crippen LogP contribution < -0.4 is 10.6 Å². The second-order valence-electron chi connectivity index (χ2n) is 15.3. The second-order valence-corrected chi connectivity index (χ2v) is 15.3. The van der Waals surface area contributed by atoms with Crippen molar-refractivity contribution in [2.24, 2.45) is 0 Å². The monoisotopic (exact) mass is 716 g/mol. The summed E-state index contributed by atoms with van der Waals surface area (Å²) < 4.78 is 50.3. The van der Waals surface area contributed by atoms with Crippen LogP contribution in [0.5, 0.6) is 0 Å². The first-order chi connectivity index (χ1) is 23.8. The van der Waals surface area contributed by atoms with E-state index in [0.717, 1.165) is 30.5 Å². The van der Waals surface area contributed by atoms with E-state index in [2.05, 4.69) is 27.7 Å². The van der Waals surface area contributed by atoms with Gasteiger partial charge in [0.1, 0.15) is 17.2 Å². The van der Waals surface area contributed by atoms with E-state index in [1.165, 1.54) is 17.0 Å². The third kappa shape index (κ3) is 12.0. The molecule has 0 saturated carbocycles. The molecule has 3 amide bonds. The molecule has 2 aromatic carbocycles. The molecule has 280 valence electrons. The van der Waals surface area contributed by atoms with Crippen molar-refractivity contribution in [1.29, 1.82) is 0 Å². The number of carbonyl (C=O) groups excluding carboxylic acids is 4. The van der Waals surface area contributed by atoms with Gasteiger partial charge in [-0.15, -0.1) is 0 Å². The van der Waals surface area contributed by atoms with Gasteiger partial charge in [0.2, 0.25) is 11.8 Å². The fraction of sp³-hybridized carbons (Fsp3) is 0.579. The van der Waals surface area contributed by atoms with Crippen LogP contribution in [0.4, 0.5) is 18.0 Å². The molecule has 10 nitrogen and oxygen atoms in total. The van der Waals surface area contributed by atoms with E-state index in [1.807, 2.05) is 18.2 Å². The molecular weight excluding hydrogens is 665 g/mol. The van der Waals surface area contributed by atoms with Crippen LogP contribution in [0.25, 0.3) is 0 Å². The van der Waals surface area contributed by atoms with E-state index in [-0.39, 0.29) is 43.9 Å². The van der Waals surface area contributed by atoms with Gasteiger partial charge in [0.05, 0.1) is 11.6 Å². The Morgan fingerprint density at radius 3 is 2.16 bits per heavy atom. The number of amides is 3. The van der Waals surface area contributed by atoms with Gasteiger partial charge in [0, 0.05) is 38.1 Å². The third-order valence-corrected chi connectivity index (χ3v) is 8.88. The predicted octanol–water partition coefficient (Wildman–Crippen LogP) is 6.01. The average molecular weight is 717 g/mol. The van der Waals surface area contributed by atoms with E-state index < -0.39 is 53.0 Å². The summed E-state index contributed by atoms with van der Waals surface area (Å²) in [5.41, 5.74) is -0.647. The molecule has 2 aliphatic heterocycles. The number of rotatable bonds is 11. The number of hydrogen-bond acceptors (Lipinski definition) is 7. The number of halogens is 3. The van der Waals surface area contributed by atoms with Crippen molar-refractivity contribution in [3.05, 3.63) is 71.3 Å². The Morgan fingerprint density at radius 2 is 1.55 bits per heavy atom. The first-order valence-electron chi connectivity index (χ1n) is 17.5. The fourth-order valence-electron chi connectivity index (χ4n) is 6.63. The van der Waals surface area contributed by atoms with Gasteiger partial charge in [-0.25, -0.2) is 4.79 Å². The highest BCUT2D eigenvalue weighted by Gasteiger charge is 2.47. The van der Waals surface area contributed by atoms with Gasteiger partial charge in [-0.3, -0.25) is 19.3 Å². The zero-order chi connectivity index (χ0) is 37.6. The number of fused-ring (bicyclic) bond motifs is 1. The summed E-state index contributed by atoms with van der Waals surface area (Å²) in [5, 5.41) is 5.71. The molecule has 4 atom stereocenters. The van der Waals surface area contributed by atoms with Crippen LogP contribution in [0.3, 0.4) is 0 Å². The van der Waals surface area contributed by atoms with E-state index >= 15 is 0 Å². The standard InChI is InChI=1S/C38H51F3N4O6/c1-36(2,3)50-32(46)19-18-30(33(47)42-23-26-12-15-27(16-13-26)38(39,40)41)44-21-20-29(17-14-25-10-8-7-9-11-25)45-24-28(22-31(45)34(44)48)43-35(49)51-37(4,5)6/h7-13,15-16,28-31H,14,17-24H2,1-6H3,(H,42,47)(H,43,49)/t28-,29?,30?,31+/m1/s1. The smallest absolute Gasteiger partial charge is 0.416 e. The number of esters is 1.